The molecule has 1 N–H and O–H groups in total. The maximum atomic E-state index is 11.5. The summed E-state index contributed by atoms with van der Waals surface area (Å²) in [7, 11) is 0. The second-order valence-electron chi connectivity index (χ2n) is 9.54. The van der Waals surface area contributed by atoms with Crippen LogP contribution in [0.5, 0.6) is 0 Å². The SMILES string of the molecule is CC(=O)OC(c1c[c-]ccc1C)c1cccc(C)c1C.Cc1cc[c-]cc1C(O)c1cccc(C)c1C.[W].[W]. The van der Waals surface area contributed by atoms with Gasteiger partial charge in [0.15, 0.2) is 0 Å². The van der Waals surface area contributed by atoms with Crippen LogP contribution in [0.25, 0.3) is 0 Å². The number of rotatable bonds is 5. The summed E-state index contributed by atoms with van der Waals surface area (Å²) in [4.78, 5) is 11.5. The van der Waals surface area contributed by atoms with Crippen molar-refractivity contribution in [3.05, 3.63) is 141 Å². The number of aliphatic hydroxyl groups excluding tert-OH is 1. The zero-order valence-electron chi connectivity index (χ0n) is 23.7. The zero-order chi connectivity index (χ0) is 27.1. The normalized spacial score (nSPS) is 11.6. The summed E-state index contributed by atoms with van der Waals surface area (Å²) in [5.41, 5.74) is 10.8. The number of aliphatic hydroxyl groups is 1. The van der Waals surface area contributed by atoms with Crippen LogP contribution >= 0.6 is 0 Å². The second kappa shape index (κ2) is 16.1. The third-order valence-corrected chi connectivity index (χ3v) is 6.98. The standard InChI is InChI=1S/C18H19O2.C16H17O.2W/c1-12-9-7-11-17(14(12)3)18(20-15(4)19)16-10-6-5-8-13(16)2;1-11-8-6-10-15(13(11)3)16(17)14-9-5-4-7-12(14)2;;/h5,7-11,18H,1-4H3;4,6-10,16-17H,1-3H3;;/q2*-1;;. The van der Waals surface area contributed by atoms with Crippen LogP contribution in [0.2, 0.25) is 0 Å². The van der Waals surface area contributed by atoms with Crippen LogP contribution in [-0.4, -0.2) is 11.1 Å². The predicted molar refractivity (Wildman–Crippen MR) is 150 cm³/mol. The van der Waals surface area contributed by atoms with Crippen molar-refractivity contribution in [3.8, 4) is 0 Å². The van der Waals surface area contributed by atoms with Gasteiger partial charge in [0.05, 0.1) is 6.10 Å². The zero-order valence-corrected chi connectivity index (χ0v) is 29.5. The summed E-state index contributed by atoms with van der Waals surface area (Å²) in [6.07, 6.45) is -0.933. The smallest absolute Gasteiger partial charge is 0.302 e. The van der Waals surface area contributed by atoms with E-state index in [4.69, 9.17) is 4.74 Å². The van der Waals surface area contributed by atoms with E-state index in [0.29, 0.717) is 0 Å². The molecule has 3 nitrogen and oxygen atoms in total. The minimum absolute atomic E-state index is 0. The van der Waals surface area contributed by atoms with Crippen LogP contribution in [-0.2, 0) is 51.7 Å². The van der Waals surface area contributed by atoms with E-state index in [1.54, 1.807) is 0 Å². The molecule has 2 unspecified atom stereocenters. The van der Waals surface area contributed by atoms with Crippen LogP contribution in [0, 0.1) is 53.7 Å². The molecule has 5 heteroatoms. The van der Waals surface area contributed by atoms with Gasteiger partial charge in [-0.2, -0.15) is 59.7 Å². The number of esters is 1. The Morgan fingerprint density at radius 2 is 1.13 bits per heavy atom. The molecule has 0 aliphatic heterocycles. The Morgan fingerprint density at radius 3 is 1.62 bits per heavy atom. The molecule has 0 spiro atoms. The summed E-state index contributed by atoms with van der Waals surface area (Å²) in [6.45, 7) is 13.7. The van der Waals surface area contributed by atoms with Gasteiger partial charge in [-0.25, -0.2) is 0 Å². The van der Waals surface area contributed by atoms with Crippen molar-refractivity contribution in [3.63, 3.8) is 0 Å². The molecule has 2 atom stereocenters. The third-order valence-electron chi connectivity index (χ3n) is 6.98. The van der Waals surface area contributed by atoms with Crippen molar-refractivity contribution in [2.75, 3.05) is 0 Å². The minimum atomic E-state index is -0.563. The van der Waals surface area contributed by atoms with Gasteiger partial charge in [0.2, 0.25) is 0 Å². The van der Waals surface area contributed by atoms with Crippen molar-refractivity contribution < 1.29 is 56.8 Å². The van der Waals surface area contributed by atoms with Crippen molar-refractivity contribution in [1.82, 2.24) is 0 Å². The molecule has 0 aliphatic carbocycles. The molecule has 0 aliphatic rings. The average Bonchev–Trinajstić information content (AvgIpc) is 2.87. The van der Waals surface area contributed by atoms with Crippen molar-refractivity contribution in [2.45, 2.75) is 60.7 Å². The molecule has 4 aromatic rings. The Labute approximate surface area is 262 Å². The van der Waals surface area contributed by atoms with E-state index in [1.807, 2.05) is 74.5 Å². The molecule has 4 aromatic carbocycles. The number of carbonyl (C=O) groups excluding carboxylic acids is 1. The molecular formula is C34H36O3W2-2. The molecule has 0 fully saturated rings. The first-order valence-electron chi connectivity index (χ1n) is 12.5. The Morgan fingerprint density at radius 1 is 0.667 bits per heavy atom. The molecule has 39 heavy (non-hydrogen) atoms. The second-order valence-corrected chi connectivity index (χ2v) is 9.54. The Balaban J connectivity index is 0.000000375. The summed E-state index contributed by atoms with van der Waals surface area (Å²) in [5.74, 6) is -0.279. The number of aryl methyl sites for hydroxylation is 4. The van der Waals surface area contributed by atoms with Crippen LogP contribution in [0.4, 0.5) is 0 Å². The first kappa shape index (κ1) is 34.7. The minimum Gasteiger partial charge on any atom is -0.466 e. The fourth-order valence-corrected chi connectivity index (χ4v) is 4.38. The molecule has 0 saturated heterocycles. The fraction of sp³-hybridized carbons (Fsp3) is 0.265. The van der Waals surface area contributed by atoms with Gasteiger partial charge in [0, 0.05) is 49.1 Å². The summed E-state index contributed by atoms with van der Waals surface area (Å²) >= 11 is 0. The Kier molecular flexibility index (Phi) is 14.3. The van der Waals surface area contributed by atoms with Gasteiger partial charge < -0.3 is 9.84 Å². The Bertz CT molecular complexity index is 1380. The van der Waals surface area contributed by atoms with Gasteiger partial charge in [-0.3, -0.25) is 4.79 Å². The van der Waals surface area contributed by atoms with E-state index in [1.165, 1.54) is 18.1 Å². The van der Waals surface area contributed by atoms with Gasteiger partial charge in [-0.1, -0.05) is 50.2 Å². The van der Waals surface area contributed by atoms with Crippen molar-refractivity contribution >= 4 is 5.97 Å². The Hall–Kier alpha value is -2.31. The number of benzene rings is 4. The van der Waals surface area contributed by atoms with E-state index in [0.717, 1.165) is 44.5 Å². The average molecular weight is 860 g/mol. The van der Waals surface area contributed by atoms with Crippen molar-refractivity contribution in [1.29, 1.82) is 0 Å². The molecular weight excluding hydrogens is 824 g/mol. The summed E-state index contributed by atoms with van der Waals surface area (Å²) in [5, 5.41) is 10.5. The largest absolute Gasteiger partial charge is 0.466 e. The van der Waals surface area contributed by atoms with Gasteiger partial charge in [0.1, 0.15) is 6.10 Å². The fourth-order valence-electron chi connectivity index (χ4n) is 4.38. The molecule has 0 bridgehead atoms. The quantitative estimate of drug-likeness (QED) is 0.167. The molecule has 0 radical (unpaired) electrons. The number of ether oxygens (including phenoxy) is 1. The third kappa shape index (κ3) is 8.84. The van der Waals surface area contributed by atoms with Crippen LogP contribution < -0.4 is 0 Å². The van der Waals surface area contributed by atoms with Crippen LogP contribution in [0.3, 0.4) is 0 Å². The molecule has 0 saturated carbocycles. The van der Waals surface area contributed by atoms with Gasteiger partial charge in [-0.05, 0) is 61.1 Å². The maximum absolute atomic E-state index is 11.5. The topological polar surface area (TPSA) is 46.5 Å². The van der Waals surface area contributed by atoms with E-state index in [2.05, 4.69) is 52.0 Å². The van der Waals surface area contributed by atoms with Gasteiger partial charge in [-0.15, -0.1) is 11.1 Å². The number of hydrogen-bond donors (Lipinski definition) is 1. The van der Waals surface area contributed by atoms with Crippen LogP contribution in [0.15, 0.2) is 72.8 Å². The molecule has 204 valence electrons. The molecule has 0 amide bonds. The van der Waals surface area contributed by atoms with E-state index < -0.39 is 6.10 Å². The van der Waals surface area contributed by atoms with Gasteiger partial charge >= 0.3 is 5.97 Å². The molecule has 4 rings (SSSR count). The predicted octanol–water partition coefficient (Wildman–Crippen LogP) is 7.55. The van der Waals surface area contributed by atoms with E-state index in [9.17, 15) is 9.90 Å². The summed E-state index contributed by atoms with van der Waals surface area (Å²) < 4.78 is 5.58. The maximum Gasteiger partial charge on any atom is 0.302 e. The number of carbonyl (C=O) groups is 1. The monoisotopic (exact) mass is 860 g/mol. The van der Waals surface area contributed by atoms with Crippen LogP contribution in [0.1, 0.15) is 74.8 Å². The van der Waals surface area contributed by atoms with Crippen molar-refractivity contribution in [2.24, 2.45) is 0 Å². The first-order chi connectivity index (χ1) is 17.6. The van der Waals surface area contributed by atoms with E-state index in [-0.39, 0.29) is 54.2 Å². The van der Waals surface area contributed by atoms with Gasteiger partial charge in [0.25, 0.3) is 0 Å². The number of hydrogen-bond acceptors (Lipinski definition) is 3. The van der Waals surface area contributed by atoms with E-state index >= 15 is 0 Å². The molecule has 0 heterocycles. The molecule has 0 aromatic heterocycles. The first-order valence-corrected chi connectivity index (χ1v) is 12.5. The summed E-state index contributed by atoms with van der Waals surface area (Å²) in [6, 6.07) is 29.7.